The van der Waals surface area contributed by atoms with Gasteiger partial charge in [0.2, 0.25) is 17.1 Å². The summed E-state index contributed by atoms with van der Waals surface area (Å²) in [6, 6.07) is 7.13. The van der Waals surface area contributed by atoms with Crippen LogP contribution < -0.4 is 35.2 Å². The first-order chi connectivity index (χ1) is 17.5. The predicted octanol–water partition coefficient (Wildman–Crippen LogP) is 2.34. The quantitative estimate of drug-likeness (QED) is 0.520. The standard InChI is InChI=1S/C28H37N3O5/c1-18(32)30-22-10-8-19-16-25(34-2)27(35-3)28(36-4)26(19)20-9-11-23(24(33)17-21(20)22)29-12-15-31-13-6-5-7-14-31/h9,11,16-17,22H,5-8,10,12-15H2,1-4H3,(H,29,33)(H,30,32)/p+1/t22-/m0/s1. The Hall–Kier alpha value is -3.26. The lowest BCUT2D eigenvalue weighted by Crippen LogP contribution is -3.13. The molecule has 1 aliphatic carbocycles. The number of hydrogen-bond donors (Lipinski definition) is 3. The number of anilines is 1. The number of nitrogens with one attached hydrogen (secondary N) is 3. The third-order valence-corrected chi connectivity index (χ3v) is 7.27. The van der Waals surface area contributed by atoms with Crippen molar-refractivity contribution in [1.29, 1.82) is 0 Å². The van der Waals surface area contributed by atoms with Gasteiger partial charge in [-0.3, -0.25) is 9.59 Å². The molecule has 8 nitrogen and oxygen atoms in total. The van der Waals surface area contributed by atoms with Gasteiger partial charge in [0.1, 0.15) is 0 Å². The van der Waals surface area contributed by atoms with Gasteiger partial charge in [0.05, 0.1) is 59.2 Å². The molecule has 1 aliphatic heterocycles. The number of fused-ring (bicyclic) bond motifs is 3. The fourth-order valence-corrected chi connectivity index (χ4v) is 5.53. The summed E-state index contributed by atoms with van der Waals surface area (Å²) >= 11 is 0. The van der Waals surface area contributed by atoms with E-state index in [4.69, 9.17) is 14.2 Å². The van der Waals surface area contributed by atoms with Crippen LogP contribution in [0.1, 0.15) is 49.8 Å². The minimum Gasteiger partial charge on any atom is -0.493 e. The summed E-state index contributed by atoms with van der Waals surface area (Å²) in [5.74, 6) is 1.50. The Balaban J connectivity index is 1.79. The van der Waals surface area contributed by atoms with Crippen LogP contribution in [0.15, 0.2) is 29.1 Å². The van der Waals surface area contributed by atoms with E-state index in [0.717, 1.165) is 35.3 Å². The lowest BCUT2D eigenvalue weighted by molar-refractivity contribution is -0.903. The Morgan fingerprint density at radius 3 is 2.44 bits per heavy atom. The molecular formula is C28H38N3O5+. The summed E-state index contributed by atoms with van der Waals surface area (Å²) < 4.78 is 17.1. The first-order valence-electron chi connectivity index (χ1n) is 12.8. The Kier molecular flexibility index (Phi) is 8.36. The highest BCUT2D eigenvalue weighted by atomic mass is 16.5. The minimum absolute atomic E-state index is 0.0943. The minimum atomic E-state index is -0.308. The van der Waals surface area contributed by atoms with Crippen LogP contribution in [0.3, 0.4) is 0 Å². The van der Waals surface area contributed by atoms with Gasteiger partial charge in [-0.15, -0.1) is 0 Å². The van der Waals surface area contributed by atoms with Crippen molar-refractivity contribution in [3.8, 4) is 28.4 Å². The Morgan fingerprint density at radius 1 is 1.03 bits per heavy atom. The first-order valence-corrected chi connectivity index (χ1v) is 12.8. The molecule has 0 saturated carbocycles. The number of methoxy groups -OCH3 is 3. The van der Waals surface area contributed by atoms with Crippen molar-refractivity contribution < 1.29 is 23.9 Å². The number of carbonyl (C=O) groups excluding carboxylic acids is 1. The van der Waals surface area contributed by atoms with Gasteiger partial charge in [-0.25, -0.2) is 0 Å². The van der Waals surface area contributed by atoms with Crippen LogP contribution in [0.2, 0.25) is 0 Å². The fraction of sp³-hybridized carbons (Fsp3) is 0.500. The molecule has 1 heterocycles. The summed E-state index contributed by atoms with van der Waals surface area (Å²) in [6.07, 6.45) is 5.18. The van der Waals surface area contributed by atoms with Gasteiger partial charge in [0, 0.05) is 12.5 Å². The van der Waals surface area contributed by atoms with Gasteiger partial charge in [-0.05, 0) is 67.0 Å². The largest absolute Gasteiger partial charge is 0.493 e. The van der Waals surface area contributed by atoms with Crippen LogP contribution in [0.4, 0.5) is 5.69 Å². The molecule has 4 rings (SSSR count). The van der Waals surface area contributed by atoms with Crippen molar-refractivity contribution in [2.75, 3.05) is 52.8 Å². The van der Waals surface area contributed by atoms with Gasteiger partial charge >= 0.3 is 0 Å². The summed E-state index contributed by atoms with van der Waals surface area (Å²) in [4.78, 5) is 27.0. The zero-order valence-electron chi connectivity index (χ0n) is 21.8. The van der Waals surface area contributed by atoms with Crippen LogP contribution in [-0.4, -0.2) is 53.4 Å². The molecule has 8 heteroatoms. The predicted molar refractivity (Wildman–Crippen MR) is 141 cm³/mol. The highest BCUT2D eigenvalue weighted by molar-refractivity contribution is 5.83. The van der Waals surface area contributed by atoms with Crippen molar-refractivity contribution in [1.82, 2.24) is 5.32 Å². The van der Waals surface area contributed by atoms with Crippen molar-refractivity contribution >= 4 is 11.6 Å². The Bertz CT molecular complexity index is 1160. The highest BCUT2D eigenvalue weighted by Crippen LogP contribution is 2.50. The molecule has 3 N–H and O–H groups in total. The number of likely N-dealkylation sites (tertiary alicyclic amines) is 1. The average Bonchev–Trinajstić information content (AvgIpc) is 3.12. The summed E-state index contributed by atoms with van der Waals surface area (Å²) in [7, 11) is 4.78. The van der Waals surface area contributed by atoms with Crippen LogP contribution in [-0.2, 0) is 11.2 Å². The van der Waals surface area contributed by atoms with Crippen molar-refractivity contribution in [3.63, 3.8) is 0 Å². The van der Waals surface area contributed by atoms with E-state index in [-0.39, 0.29) is 17.4 Å². The lowest BCUT2D eigenvalue weighted by Gasteiger charge is -2.23. The molecule has 1 fully saturated rings. The van der Waals surface area contributed by atoms with E-state index in [1.165, 1.54) is 39.3 Å². The highest BCUT2D eigenvalue weighted by Gasteiger charge is 2.29. The number of ether oxygens (including phenoxy) is 3. The van der Waals surface area contributed by atoms with Crippen molar-refractivity contribution in [3.05, 3.63) is 45.6 Å². The van der Waals surface area contributed by atoms with Crippen LogP contribution >= 0.6 is 0 Å². The van der Waals surface area contributed by atoms with Gasteiger partial charge in [0.25, 0.3) is 0 Å². The number of quaternary nitrogens is 1. The maximum atomic E-state index is 13.3. The second-order valence-corrected chi connectivity index (χ2v) is 9.58. The number of rotatable bonds is 8. The molecule has 0 radical (unpaired) electrons. The summed E-state index contributed by atoms with van der Waals surface area (Å²) in [5.41, 5.74) is 3.95. The van der Waals surface area contributed by atoms with E-state index in [2.05, 4.69) is 10.6 Å². The third kappa shape index (κ3) is 5.43. The van der Waals surface area contributed by atoms with Gasteiger partial charge in [-0.2, -0.15) is 0 Å². The monoisotopic (exact) mass is 496 g/mol. The third-order valence-electron chi connectivity index (χ3n) is 7.27. The number of carbonyl (C=O) groups is 1. The molecule has 0 unspecified atom stereocenters. The normalized spacial score (nSPS) is 17.3. The lowest BCUT2D eigenvalue weighted by atomic mass is 9.95. The molecule has 194 valence electrons. The zero-order valence-corrected chi connectivity index (χ0v) is 21.8. The summed E-state index contributed by atoms with van der Waals surface area (Å²) in [6.45, 7) is 5.62. The average molecular weight is 497 g/mol. The topological polar surface area (TPSA) is 90.3 Å². The molecule has 0 spiro atoms. The maximum Gasteiger partial charge on any atom is 0.217 e. The molecule has 1 amide bonds. The first kappa shape index (κ1) is 25.8. The second kappa shape index (κ2) is 11.6. The smallest absolute Gasteiger partial charge is 0.217 e. The molecule has 0 aromatic heterocycles. The van der Waals surface area contributed by atoms with Crippen LogP contribution in [0.5, 0.6) is 17.2 Å². The van der Waals surface area contributed by atoms with Crippen LogP contribution in [0.25, 0.3) is 11.1 Å². The number of amides is 1. The number of aryl methyl sites for hydroxylation is 1. The number of benzene rings is 1. The van der Waals surface area contributed by atoms with E-state index in [1.54, 1.807) is 32.3 Å². The van der Waals surface area contributed by atoms with E-state index in [9.17, 15) is 9.59 Å². The molecule has 1 atom stereocenters. The van der Waals surface area contributed by atoms with Gasteiger partial charge in [0.15, 0.2) is 11.5 Å². The zero-order chi connectivity index (χ0) is 25.7. The van der Waals surface area contributed by atoms with Gasteiger partial charge < -0.3 is 29.7 Å². The molecule has 2 aromatic carbocycles. The van der Waals surface area contributed by atoms with E-state index in [1.807, 2.05) is 18.2 Å². The SMILES string of the molecule is COc1cc2c(c(OC)c1OC)-c1ccc(NCC[NH+]3CCCCC3)c(=O)cc1[C@@H](NC(C)=O)CC2. The Labute approximate surface area is 212 Å². The van der Waals surface area contributed by atoms with E-state index < -0.39 is 0 Å². The second-order valence-electron chi connectivity index (χ2n) is 9.58. The maximum absolute atomic E-state index is 13.3. The van der Waals surface area contributed by atoms with E-state index in [0.29, 0.717) is 35.8 Å². The molecule has 2 aliphatic rings. The van der Waals surface area contributed by atoms with Gasteiger partial charge in [-0.1, -0.05) is 6.07 Å². The molecular weight excluding hydrogens is 458 g/mol. The Morgan fingerprint density at radius 2 is 1.78 bits per heavy atom. The molecule has 1 saturated heterocycles. The number of hydrogen-bond acceptors (Lipinski definition) is 6. The molecule has 2 aromatic rings. The van der Waals surface area contributed by atoms with Crippen LogP contribution in [0, 0.1) is 0 Å². The summed E-state index contributed by atoms with van der Waals surface area (Å²) in [5, 5.41) is 6.42. The van der Waals surface area contributed by atoms with Crippen molar-refractivity contribution in [2.24, 2.45) is 0 Å². The number of piperidine rings is 1. The fourth-order valence-electron chi connectivity index (χ4n) is 5.53. The molecule has 0 bridgehead atoms. The molecule has 36 heavy (non-hydrogen) atoms. The van der Waals surface area contributed by atoms with E-state index >= 15 is 0 Å². The van der Waals surface area contributed by atoms with Crippen molar-refractivity contribution in [2.45, 2.75) is 45.1 Å².